The first kappa shape index (κ1) is 12.5. The van der Waals surface area contributed by atoms with Crippen LogP contribution in [0.1, 0.15) is 37.3 Å². The summed E-state index contributed by atoms with van der Waals surface area (Å²) < 4.78 is 6.25. The molecule has 1 aliphatic heterocycles. The van der Waals surface area contributed by atoms with Crippen LogP contribution in [0.5, 0.6) is 0 Å². The fourth-order valence-corrected chi connectivity index (χ4v) is 4.31. The quantitative estimate of drug-likeness (QED) is 0.698. The molecular formula is C16H21ClO. The molecule has 3 atom stereocenters. The summed E-state index contributed by atoms with van der Waals surface area (Å²) in [5, 5.41) is 0.286. The van der Waals surface area contributed by atoms with Crippen molar-refractivity contribution in [3.8, 4) is 0 Å². The molecule has 0 bridgehead atoms. The molecule has 0 radical (unpaired) electrons. The monoisotopic (exact) mass is 264 g/mol. The predicted molar refractivity (Wildman–Crippen MR) is 75.2 cm³/mol. The number of aryl methyl sites for hydroxylation is 1. The maximum atomic E-state index is 6.55. The van der Waals surface area contributed by atoms with Gasteiger partial charge in [0.25, 0.3) is 0 Å². The van der Waals surface area contributed by atoms with E-state index in [0.717, 1.165) is 38.7 Å². The van der Waals surface area contributed by atoms with Crippen LogP contribution in [0.2, 0.25) is 0 Å². The Labute approximate surface area is 114 Å². The van der Waals surface area contributed by atoms with Gasteiger partial charge < -0.3 is 4.74 Å². The maximum absolute atomic E-state index is 6.55. The first-order valence-electron chi connectivity index (χ1n) is 7.10. The topological polar surface area (TPSA) is 9.23 Å². The number of ether oxygens (including phenoxy) is 1. The highest BCUT2D eigenvalue weighted by Crippen LogP contribution is 2.44. The predicted octanol–water partition coefficient (Wildman–Crippen LogP) is 3.97. The number of fused-ring (bicyclic) bond motifs is 1. The van der Waals surface area contributed by atoms with E-state index in [1.165, 1.54) is 11.1 Å². The van der Waals surface area contributed by atoms with Gasteiger partial charge in [0.1, 0.15) is 0 Å². The van der Waals surface area contributed by atoms with Crippen molar-refractivity contribution in [2.75, 3.05) is 6.61 Å². The number of alkyl halides is 1. The Balaban J connectivity index is 1.92. The largest absolute Gasteiger partial charge is 0.374 e. The smallest absolute Gasteiger partial charge is 0.0767 e. The van der Waals surface area contributed by atoms with Crippen LogP contribution in [0.4, 0.5) is 0 Å². The highest BCUT2D eigenvalue weighted by Gasteiger charge is 2.46. The van der Waals surface area contributed by atoms with Crippen LogP contribution in [-0.2, 0) is 17.6 Å². The van der Waals surface area contributed by atoms with Gasteiger partial charge in [0.05, 0.1) is 5.60 Å². The molecule has 1 aliphatic carbocycles. The summed E-state index contributed by atoms with van der Waals surface area (Å²) in [6.07, 6.45) is 5.44. The van der Waals surface area contributed by atoms with Crippen LogP contribution in [0.3, 0.4) is 0 Å². The van der Waals surface area contributed by atoms with Crippen molar-refractivity contribution in [2.45, 2.75) is 50.0 Å². The second-order valence-electron chi connectivity index (χ2n) is 5.68. The average Bonchev–Trinajstić information content (AvgIpc) is 2.39. The molecule has 18 heavy (non-hydrogen) atoms. The van der Waals surface area contributed by atoms with E-state index in [1.54, 1.807) is 0 Å². The van der Waals surface area contributed by atoms with E-state index < -0.39 is 0 Å². The SMILES string of the molecule is CCC1[C@H](Cl)CCO[C@@]12CCc1ccccc1C2. The van der Waals surface area contributed by atoms with Crippen LogP contribution < -0.4 is 0 Å². The summed E-state index contributed by atoms with van der Waals surface area (Å²) in [6, 6.07) is 8.79. The van der Waals surface area contributed by atoms with Crippen LogP contribution in [0.15, 0.2) is 24.3 Å². The first-order chi connectivity index (χ1) is 8.75. The lowest BCUT2D eigenvalue weighted by atomic mass is 9.69. The first-order valence-corrected chi connectivity index (χ1v) is 7.53. The third-order valence-corrected chi connectivity index (χ3v) is 5.28. The highest BCUT2D eigenvalue weighted by atomic mass is 35.5. The molecule has 3 rings (SSSR count). The molecule has 0 N–H and O–H groups in total. The zero-order chi connectivity index (χ0) is 12.6. The number of halogens is 1. The fourth-order valence-electron chi connectivity index (χ4n) is 3.81. The van der Waals surface area contributed by atoms with Crippen molar-refractivity contribution in [1.82, 2.24) is 0 Å². The van der Waals surface area contributed by atoms with Crippen molar-refractivity contribution in [1.29, 1.82) is 0 Å². The molecule has 1 aromatic rings. The minimum atomic E-state index is 0.00771. The van der Waals surface area contributed by atoms with Crippen LogP contribution >= 0.6 is 11.6 Å². The van der Waals surface area contributed by atoms with Gasteiger partial charge in [-0.25, -0.2) is 0 Å². The maximum Gasteiger partial charge on any atom is 0.0767 e. The van der Waals surface area contributed by atoms with Gasteiger partial charge in [0, 0.05) is 24.3 Å². The summed E-state index contributed by atoms with van der Waals surface area (Å²) in [6.45, 7) is 3.07. The summed E-state index contributed by atoms with van der Waals surface area (Å²) in [7, 11) is 0. The summed E-state index contributed by atoms with van der Waals surface area (Å²) in [4.78, 5) is 0. The van der Waals surface area contributed by atoms with Gasteiger partial charge in [-0.3, -0.25) is 0 Å². The van der Waals surface area contributed by atoms with Gasteiger partial charge in [-0.15, -0.1) is 11.6 Å². The van der Waals surface area contributed by atoms with Gasteiger partial charge >= 0.3 is 0 Å². The number of hydrogen-bond donors (Lipinski definition) is 0. The van der Waals surface area contributed by atoms with E-state index in [0.29, 0.717) is 5.92 Å². The molecule has 1 saturated heterocycles. The molecule has 1 unspecified atom stereocenters. The highest BCUT2D eigenvalue weighted by molar-refractivity contribution is 6.20. The Morgan fingerprint density at radius 1 is 1.33 bits per heavy atom. The van der Waals surface area contributed by atoms with E-state index in [-0.39, 0.29) is 11.0 Å². The Hall–Kier alpha value is -0.530. The molecule has 98 valence electrons. The summed E-state index contributed by atoms with van der Waals surface area (Å²) >= 11 is 6.55. The lowest BCUT2D eigenvalue weighted by Crippen LogP contribution is -2.52. The number of benzene rings is 1. The number of hydrogen-bond acceptors (Lipinski definition) is 1. The van der Waals surface area contributed by atoms with Crippen LogP contribution in [0, 0.1) is 5.92 Å². The Bertz CT molecular complexity index is 431. The third-order valence-electron chi connectivity index (χ3n) is 4.76. The van der Waals surface area contributed by atoms with Gasteiger partial charge in [-0.2, -0.15) is 0 Å². The molecule has 0 saturated carbocycles. The molecule has 0 amide bonds. The summed E-state index contributed by atoms with van der Waals surface area (Å²) in [5.41, 5.74) is 2.97. The molecule has 1 nitrogen and oxygen atoms in total. The molecule has 2 heteroatoms. The van der Waals surface area contributed by atoms with E-state index in [9.17, 15) is 0 Å². The third kappa shape index (κ3) is 1.98. The molecule has 1 spiro atoms. The Morgan fingerprint density at radius 3 is 2.89 bits per heavy atom. The molecule has 1 heterocycles. The van der Waals surface area contributed by atoms with Gasteiger partial charge in [0.2, 0.25) is 0 Å². The van der Waals surface area contributed by atoms with Gasteiger partial charge in [-0.05, 0) is 36.8 Å². The van der Waals surface area contributed by atoms with Crippen LogP contribution in [-0.4, -0.2) is 17.6 Å². The second kappa shape index (κ2) is 4.86. The average molecular weight is 265 g/mol. The molecule has 0 aromatic heterocycles. The van der Waals surface area contributed by atoms with E-state index in [2.05, 4.69) is 31.2 Å². The Kier molecular flexibility index (Phi) is 3.38. The fraction of sp³-hybridized carbons (Fsp3) is 0.625. The van der Waals surface area contributed by atoms with Crippen molar-refractivity contribution >= 4 is 11.6 Å². The van der Waals surface area contributed by atoms with E-state index in [4.69, 9.17) is 16.3 Å². The standard InChI is InChI=1S/C16H21ClO/c1-2-14-15(17)8-10-18-16(14)9-7-12-5-3-4-6-13(12)11-16/h3-6,14-15H,2,7-11H2,1H3/t14?,15-,16-/m1/s1. The molecule has 1 fully saturated rings. The molecular weight excluding hydrogens is 244 g/mol. The molecule has 2 aliphatic rings. The van der Waals surface area contributed by atoms with E-state index in [1.807, 2.05) is 0 Å². The normalized spacial score (nSPS) is 35.4. The molecule has 1 aromatic carbocycles. The van der Waals surface area contributed by atoms with Crippen molar-refractivity contribution in [3.63, 3.8) is 0 Å². The Morgan fingerprint density at radius 2 is 2.11 bits per heavy atom. The van der Waals surface area contributed by atoms with Crippen molar-refractivity contribution < 1.29 is 4.74 Å². The van der Waals surface area contributed by atoms with Gasteiger partial charge in [0.15, 0.2) is 0 Å². The zero-order valence-electron chi connectivity index (χ0n) is 11.0. The van der Waals surface area contributed by atoms with E-state index >= 15 is 0 Å². The second-order valence-corrected chi connectivity index (χ2v) is 6.24. The lowest BCUT2D eigenvalue weighted by Gasteiger charge is -2.48. The van der Waals surface area contributed by atoms with Gasteiger partial charge in [-0.1, -0.05) is 31.2 Å². The summed E-state index contributed by atoms with van der Waals surface area (Å²) in [5.74, 6) is 0.501. The van der Waals surface area contributed by atoms with Crippen molar-refractivity contribution in [3.05, 3.63) is 35.4 Å². The van der Waals surface area contributed by atoms with Crippen molar-refractivity contribution in [2.24, 2.45) is 5.92 Å². The minimum Gasteiger partial charge on any atom is -0.374 e. The van der Waals surface area contributed by atoms with Crippen LogP contribution in [0.25, 0.3) is 0 Å². The number of rotatable bonds is 1. The minimum absolute atomic E-state index is 0.00771. The lowest BCUT2D eigenvalue weighted by molar-refractivity contribution is -0.125. The zero-order valence-corrected chi connectivity index (χ0v) is 11.7.